The molecular formula is C16H24N2O2. The lowest BCUT2D eigenvalue weighted by molar-refractivity contribution is -0.384. The van der Waals surface area contributed by atoms with Crippen LogP contribution in [0.25, 0.3) is 0 Å². The lowest BCUT2D eigenvalue weighted by Crippen LogP contribution is -2.37. The molecular weight excluding hydrogens is 252 g/mol. The smallest absolute Gasteiger partial charge is 0.269 e. The third-order valence-electron chi connectivity index (χ3n) is 4.43. The molecule has 1 unspecified atom stereocenters. The molecule has 0 heterocycles. The Morgan fingerprint density at radius 1 is 1.25 bits per heavy atom. The molecule has 0 aliphatic heterocycles. The summed E-state index contributed by atoms with van der Waals surface area (Å²) in [6.07, 6.45) is 4.95. The van der Waals surface area contributed by atoms with Crippen LogP contribution in [-0.2, 0) is 0 Å². The Morgan fingerprint density at radius 2 is 1.80 bits per heavy atom. The van der Waals surface area contributed by atoms with Gasteiger partial charge in [0.05, 0.1) is 4.92 Å². The second-order valence-corrected chi connectivity index (χ2v) is 6.68. The van der Waals surface area contributed by atoms with Gasteiger partial charge in [0.25, 0.3) is 5.69 Å². The maximum atomic E-state index is 10.6. The average Bonchev–Trinajstić information content (AvgIpc) is 2.41. The number of nitro groups is 1. The summed E-state index contributed by atoms with van der Waals surface area (Å²) in [7, 11) is 0. The van der Waals surface area contributed by atoms with Gasteiger partial charge < -0.3 is 5.32 Å². The van der Waals surface area contributed by atoms with Gasteiger partial charge in [-0.2, -0.15) is 0 Å². The van der Waals surface area contributed by atoms with E-state index in [9.17, 15) is 10.1 Å². The number of nitrogens with one attached hydrogen (secondary N) is 1. The monoisotopic (exact) mass is 276 g/mol. The summed E-state index contributed by atoms with van der Waals surface area (Å²) in [4.78, 5) is 10.3. The summed E-state index contributed by atoms with van der Waals surface area (Å²) in [5.74, 6) is 0. The molecule has 20 heavy (non-hydrogen) atoms. The van der Waals surface area contributed by atoms with Gasteiger partial charge in [-0.05, 0) is 43.6 Å². The molecule has 0 amide bonds. The third kappa shape index (κ3) is 3.79. The van der Waals surface area contributed by atoms with Crippen molar-refractivity contribution < 1.29 is 4.92 Å². The zero-order valence-electron chi connectivity index (χ0n) is 12.6. The predicted molar refractivity (Wildman–Crippen MR) is 80.7 cm³/mol. The fourth-order valence-electron chi connectivity index (χ4n) is 2.90. The van der Waals surface area contributed by atoms with Crippen LogP contribution >= 0.6 is 0 Å². The molecule has 0 aromatic heterocycles. The summed E-state index contributed by atoms with van der Waals surface area (Å²) < 4.78 is 0. The van der Waals surface area contributed by atoms with E-state index in [2.05, 4.69) is 26.1 Å². The average molecular weight is 276 g/mol. The van der Waals surface area contributed by atoms with Crippen LogP contribution in [0.5, 0.6) is 0 Å². The van der Waals surface area contributed by atoms with Crippen molar-refractivity contribution in [2.24, 2.45) is 5.41 Å². The standard InChI is InChI=1S/C16H24N2O2/c1-12(13-4-6-15(7-5-13)18(19)20)17-14-8-10-16(2,3)11-9-14/h4-7,12,14,17H,8-11H2,1-3H3. The van der Waals surface area contributed by atoms with E-state index in [1.165, 1.54) is 25.7 Å². The third-order valence-corrected chi connectivity index (χ3v) is 4.43. The topological polar surface area (TPSA) is 55.2 Å². The number of benzene rings is 1. The highest BCUT2D eigenvalue weighted by molar-refractivity contribution is 5.34. The highest BCUT2D eigenvalue weighted by atomic mass is 16.6. The van der Waals surface area contributed by atoms with E-state index in [1.54, 1.807) is 12.1 Å². The number of rotatable bonds is 4. The number of non-ortho nitro benzene ring substituents is 1. The zero-order chi connectivity index (χ0) is 14.8. The van der Waals surface area contributed by atoms with E-state index in [0.717, 1.165) is 5.56 Å². The van der Waals surface area contributed by atoms with Gasteiger partial charge in [-0.3, -0.25) is 10.1 Å². The van der Waals surface area contributed by atoms with Gasteiger partial charge in [0, 0.05) is 24.2 Å². The molecule has 1 aliphatic carbocycles. The number of hydrogen-bond acceptors (Lipinski definition) is 3. The number of nitro benzene ring substituents is 1. The Labute approximate surface area is 120 Å². The van der Waals surface area contributed by atoms with Crippen LogP contribution in [0.4, 0.5) is 5.69 Å². The fourth-order valence-corrected chi connectivity index (χ4v) is 2.90. The summed E-state index contributed by atoms with van der Waals surface area (Å²) >= 11 is 0. The minimum Gasteiger partial charge on any atom is -0.307 e. The van der Waals surface area contributed by atoms with Crippen molar-refractivity contribution in [2.45, 2.75) is 58.5 Å². The highest BCUT2D eigenvalue weighted by Gasteiger charge is 2.27. The molecule has 1 saturated carbocycles. The molecule has 2 rings (SSSR count). The lowest BCUT2D eigenvalue weighted by atomic mass is 9.75. The quantitative estimate of drug-likeness (QED) is 0.662. The van der Waals surface area contributed by atoms with Crippen molar-refractivity contribution in [3.8, 4) is 0 Å². The van der Waals surface area contributed by atoms with Crippen molar-refractivity contribution in [1.29, 1.82) is 0 Å². The molecule has 1 atom stereocenters. The molecule has 1 aliphatic rings. The van der Waals surface area contributed by atoms with Crippen molar-refractivity contribution in [1.82, 2.24) is 5.32 Å². The second-order valence-electron chi connectivity index (χ2n) is 6.68. The van der Waals surface area contributed by atoms with Gasteiger partial charge in [-0.15, -0.1) is 0 Å². The summed E-state index contributed by atoms with van der Waals surface area (Å²) in [6.45, 7) is 6.80. The molecule has 1 aromatic rings. The van der Waals surface area contributed by atoms with Crippen LogP contribution in [0.15, 0.2) is 24.3 Å². The van der Waals surface area contributed by atoms with Gasteiger partial charge in [0.15, 0.2) is 0 Å². The van der Waals surface area contributed by atoms with E-state index >= 15 is 0 Å². The minimum absolute atomic E-state index is 0.153. The molecule has 1 aromatic carbocycles. The van der Waals surface area contributed by atoms with Crippen LogP contribution in [0.3, 0.4) is 0 Å². The molecule has 0 saturated heterocycles. The van der Waals surface area contributed by atoms with Gasteiger partial charge in [-0.25, -0.2) is 0 Å². The highest BCUT2D eigenvalue weighted by Crippen LogP contribution is 2.35. The molecule has 110 valence electrons. The Kier molecular flexibility index (Phi) is 4.43. The summed E-state index contributed by atoms with van der Waals surface area (Å²) in [5.41, 5.74) is 1.75. The molecule has 0 radical (unpaired) electrons. The first-order valence-electron chi connectivity index (χ1n) is 7.38. The van der Waals surface area contributed by atoms with Crippen molar-refractivity contribution >= 4 is 5.69 Å². The van der Waals surface area contributed by atoms with Gasteiger partial charge in [-0.1, -0.05) is 26.0 Å². The zero-order valence-corrected chi connectivity index (χ0v) is 12.6. The van der Waals surface area contributed by atoms with Crippen molar-refractivity contribution in [3.05, 3.63) is 39.9 Å². The lowest BCUT2D eigenvalue weighted by Gasteiger charge is -2.36. The van der Waals surface area contributed by atoms with E-state index < -0.39 is 0 Å². The van der Waals surface area contributed by atoms with E-state index in [4.69, 9.17) is 0 Å². The first-order chi connectivity index (χ1) is 9.37. The Bertz CT molecular complexity index is 458. The minimum atomic E-state index is -0.356. The Morgan fingerprint density at radius 3 is 2.30 bits per heavy atom. The molecule has 1 N–H and O–H groups in total. The Balaban J connectivity index is 1.91. The van der Waals surface area contributed by atoms with Crippen LogP contribution < -0.4 is 5.32 Å². The molecule has 4 heteroatoms. The SMILES string of the molecule is CC(NC1CCC(C)(C)CC1)c1ccc([N+](=O)[O-])cc1. The molecule has 0 spiro atoms. The van der Waals surface area contributed by atoms with E-state index in [0.29, 0.717) is 11.5 Å². The van der Waals surface area contributed by atoms with Crippen LogP contribution in [0, 0.1) is 15.5 Å². The summed E-state index contributed by atoms with van der Waals surface area (Å²) in [6, 6.07) is 7.66. The second kappa shape index (κ2) is 5.92. The predicted octanol–water partition coefficient (Wildman–Crippen LogP) is 4.21. The maximum absolute atomic E-state index is 10.6. The number of nitrogens with zero attached hydrogens (tertiary/aromatic N) is 1. The first-order valence-corrected chi connectivity index (χ1v) is 7.38. The van der Waals surface area contributed by atoms with Crippen LogP contribution in [-0.4, -0.2) is 11.0 Å². The Hall–Kier alpha value is -1.42. The summed E-state index contributed by atoms with van der Waals surface area (Å²) in [5, 5.41) is 14.3. The number of hydrogen-bond donors (Lipinski definition) is 1. The molecule has 0 bridgehead atoms. The van der Waals surface area contributed by atoms with Gasteiger partial charge >= 0.3 is 0 Å². The van der Waals surface area contributed by atoms with Gasteiger partial charge in [0.2, 0.25) is 0 Å². The first kappa shape index (κ1) is 15.0. The molecule has 1 fully saturated rings. The maximum Gasteiger partial charge on any atom is 0.269 e. The molecule has 4 nitrogen and oxygen atoms in total. The van der Waals surface area contributed by atoms with Crippen molar-refractivity contribution in [2.75, 3.05) is 0 Å². The van der Waals surface area contributed by atoms with E-state index in [1.807, 2.05) is 12.1 Å². The van der Waals surface area contributed by atoms with Crippen molar-refractivity contribution in [3.63, 3.8) is 0 Å². The van der Waals surface area contributed by atoms with Crippen LogP contribution in [0.2, 0.25) is 0 Å². The normalized spacial score (nSPS) is 20.6. The van der Waals surface area contributed by atoms with E-state index in [-0.39, 0.29) is 16.7 Å². The van der Waals surface area contributed by atoms with Crippen LogP contribution in [0.1, 0.15) is 58.1 Å². The van der Waals surface area contributed by atoms with Gasteiger partial charge in [0.1, 0.15) is 0 Å². The fraction of sp³-hybridized carbons (Fsp3) is 0.625. The largest absolute Gasteiger partial charge is 0.307 e.